The molecule has 3 rings (SSSR count). The monoisotopic (exact) mass is 339 g/mol. The van der Waals surface area contributed by atoms with Gasteiger partial charge in [-0.15, -0.1) is 0 Å². The Bertz CT molecular complexity index is 814. The molecule has 0 radical (unpaired) electrons. The van der Waals surface area contributed by atoms with Crippen molar-refractivity contribution in [2.45, 2.75) is 46.5 Å². The first-order valence-electron chi connectivity index (χ1n) is 8.62. The number of esters is 1. The highest BCUT2D eigenvalue weighted by Crippen LogP contribution is 2.46. The minimum absolute atomic E-state index is 0.0802. The molecule has 0 spiro atoms. The van der Waals surface area contributed by atoms with Crippen LogP contribution in [0.4, 0.5) is 0 Å². The lowest BCUT2D eigenvalue weighted by molar-refractivity contribution is -0.136. The molecule has 1 atom stereocenters. The van der Waals surface area contributed by atoms with Crippen molar-refractivity contribution >= 4 is 11.8 Å². The number of dihydropyridines is 1. The fraction of sp³-hybridized carbons (Fsp3) is 0.429. The highest BCUT2D eigenvalue weighted by atomic mass is 16.5. The summed E-state index contributed by atoms with van der Waals surface area (Å²) in [6, 6.07) is 8.01. The minimum Gasteiger partial charge on any atom is -0.466 e. The Morgan fingerprint density at radius 1 is 1.24 bits per heavy atom. The van der Waals surface area contributed by atoms with E-state index in [1.807, 2.05) is 38.1 Å². The average molecular weight is 339 g/mol. The number of hydrogen-bond donors (Lipinski definition) is 1. The molecular weight excluding hydrogens is 314 g/mol. The van der Waals surface area contributed by atoms with Gasteiger partial charge in [0.15, 0.2) is 5.78 Å². The molecule has 1 N–H and O–H groups in total. The first-order chi connectivity index (χ1) is 11.7. The maximum Gasteiger partial charge on any atom is 0.336 e. The molecule has 1 aromatic rings. The average Bonchev–Trinajstić information content (AvgIpc) is 2.51. The van der Waals surface area contributed by atoms with E-state index in [9.17, 15) is 9.59 Å². The lowest BCUT2D eigenvalue weighted by Gasteiger charge is -2.39. The number of aryl methyl sites for hydroxylation is 1. The number of methoxy groups -OCH3 is 1. The van der Waals surface area contributed by atoms with Gasteiger partial charge in [-0.3, -0.25) is 4.79 Å². The molecule has 1 unspecified atom stereocenters. The molecule has 1 heterocycles. The van der Waals surface area contributed by atoms with E-state index in [1.165, 1.54) is 7.11 Å². The molecular formula is C21H25NO3. The molecule has 0 bridgehead atoms. The zero-order valence-corrected chi connectivity index (χ0v) is 15.5. The lowest BCUT2D eigenvalue weighted by atomic mass is 9.68. The number of rotatable bonds is 2. The zero-order valence-electron chi connectivity index (χ0n) is 15.5. The second-order valence-electron chi connectivity index (χ2n) is 7.84. The van der Waals surface area contributed by atoms with E-state index in [-0.39, 0.29) is 23.1 Å². The van der Waals surface area contributed by atoms with Crippen molar-refractivity contribution in [3.63, 3.8) is 0 Å². The van der Waals surface area contributed by atoms with E-state index in [2.05, 4.69) is 19.2 Å². The normalized spacial score (nSPS) is 22.4. The van der Waals surface area contributed by atoms with Crippen LogP contribution in [0.1, 0.15) is 50.7 Å². The van der Waals surface area contributed by atoms with Gasteiger partial charge in [-0.05, 0) is 31.2 Å². The van der Waals surface area contributed by atoms with Gasteiger partial charge in [0.25, 0.3) is 0 Å². The van der Waals surface area contributed by atoms with Crippen molar-refractivity contribution in [2.24, 2.45) is 5.41 Å². The van der Waals surface area contributed by atoms with Gasteiger partial charge in [0, 0.05) is 29.3 Å². The van der Waals surface area contributed by atoms with Crippen LogP contribution in [0, 0.1) is 12.3 Å². The van der Waals surface area contributed by atoms with Crippen LogP contribution in [0.15, 0.2) is 46.8 Å². The van der Waals surface area contributed by atoms with E-state index in [1.54, 1.807) is 0 Å². The predicted molar refractivity (Wildman–Crippen MR) is 96.8 cm³/mol. The Balaban J connectivity index is 2.21. The summed E-state index contributed by atoms with van der Waals surface area (Å²) in [5.41, 5.74) is 4.94. The molecule has 2 aliphatic rings. The Hall–Kier alpha value is -2.36. The van der Waals surface area contributed by atoms with E-state index in [4.69, 9.17) is 4.74 Å². The van der Waals surface area contributed by atoms with E-state index in [0.717, 1.165) is 34.5 Å². The zero-order chi connectivity index (χ0) is 18.4. The Morgan fingerprint density at radius 3 is 2.60 bits per heavy atom. The topological polar surface area (TPSA) is 55.4 Å². The molecule has 4 nitrogen and oxygen atoms in total. The lowest BCUT2D eigenvalue weighted by Crippen LogP contribution is -2.38. The third-order valence-electron chi connectivity index (χ3n) is 5.02. The van der Waals surface area contributed by atoms with Crippen LogP contribution in [0.3, 0.4) is 0 Å². The Kier molecular flexibility index (Phi) is 4.31. The number of Topliss-reactive ketones (excluding diaryl/α,β-unsaturated/α-hetero) is 1. The number of benzene rings is 1. The summed E-state index contributed by atoms with van der Waals surface area (Å²) in [6.45, 7) is 8.10. The van der Waals surface area contributed by atoms with Crippen molar-refractivity contribution in [3.05, 3.63) is 57.9 Å². The molecule has 0 saturated carbocycles. The molecule has 4 heteroatoms. The van der Waals surface area contributed by atoms with Gasteiger partial charge >= 0.3 is 5.97 Å². The van der Waals surface area contributed by atoms with E-state index >= 15 is 0 Å². The van der Waals surface area contributed by atoms with E-state index in [0.29, 0.717) is 12.0 Å². The smallest absolute Gasteiger partial charge is 0.336 e. The van der Waals surface area contributed by atoms with Gasteiger partial charge in [-0.2, -0.15) is 0 Å². The van der Waals surface area contributed by atoms with Crippen LogP contribution >= 0.6 is 0 Å². The van der Waals surface area contributed by atoms with Crippen molar-refractivity contribution < 1.29 is 14.3 Å². The highest BCUT2D eigenvalue weighted by molar-refractivity contribution is 6.04. The molecule has 1 aliphatic carbocycles. The number of nitrogens with one attached hydrogen (secondary N) is 1. The third kappa shape index (κ3) is 3.13. The summed E-state index contributed by atoms with van der Waals surface area (Å²) >= 11 is 0. The molecule has 0 fully saturated rings. The predicted octanol–water partition coefficient (Wildman–Crippen LogP) is 3.77. The Morgan fingerprint density at radius 2 is 1.96 bits per heavy atom. The van der Waals surface area contributed by atoms with Crippen molar-refractivity contribution in [2.75, 3.05) is 7.11 Å². The molecule has 0 amide bonds. The van der Waals surface area contributed by atoms with Crippen LogP contribution in [-0.4, -0.2) is 18.9 Å². The van der Waals surface area contributed by atoms with E-state index < -0.39 is 0 Å². The summed E-state index contributed by atoms with van der Waals surface area (Å²) in [7, 11) is 1.38. The number of ketones is 1. The maximum atomic E-state index is 13.0. The molecule has 132 valence electrons. The largest absolute Gasteiger partial charge is 0.466 e. The van der Waals surface area contributed by atoms with Crippen molar-refractivity contribution in [3.8, 4) is 0 Å². The summed E-state index contributed by atoms with van der Waals surface area (Å²) in [6.07, 6.45) is 1.28. The second kappa shape index (κ2) is 6.17. The molecule has 0 saturated heterocycles. The fourth-order valence-corrected chi connectivity index (χ4v) is 4.00. The highest BCUT2D eigenvalue weighted by Gasteiger charge is 2.42. The number of carbonyl (C=O) groups is 2. The Labute approximate surface area is 149 Å². The first kappa shape index (κ1) is 17.5. The summed E-state index contributed by atoms with van der Waals surface area (Å²) in [5.74, 6) is -0.646. The maximum absolute atomic E-state index is 13.0. The number of hydrogen-bond acceptors (Lipinski definition) is 4. The fourth-order valence-electron chi connectivity index (χ4n) is 4.00. The van der Waals surface area contributed by atoms with Gasteiger partial charge < -0.3 is 10.1 Å². The van der Waals surface area contributed by atoms with Crippen LogP contribution < -0.4 is 5.32 Å². The molecule has 25 heavy (non-hydrogen) atoms. The van der Waals surface area contributed by atoms with Gasteiger partial charge in [0.2, 0.25) is 0 Å². The third-order valence-corrected chi connectivity index (χ3v) is 5.02. The first-order valence-corrected chi connectivity index (χ1v) is 8.62. The standard InChI is InChI=1S/C21H25NO3/c1-12-7-6-8-14(9-12)18-17(20(24)25-5)13(2)22-15-10-21(3,4)11-16(23)19(15)18/h6-9,18,22H,10-11H2,1-5H3. The number of ether oxygens (including phenoxy) is 1. The summed E-state index contributed by atoms with van der Waals surface area (Å²) in [5, 5.41) is 3.32. The number of carbonyl (C=O) groups excluding carboxylic acids is 2. The van der Waals surface area contributed by atoms with Crippen LogP contribution in [-0.2, 0) is 14.3 Å². The van der Waals surface area contributed by atoms with Crippen LogP contribution in [0.2, 0.25) is 0 Å². The summed E-state index contributed by atoms with van der Waals surface area (Å²) in [4.78, 5) is 25.5. The van der Waals surface area contributed by atoms with Gasteiger partial charge in [-0.1, -0.05) is 43.7 Å². The van der Waals surface area contributed by atoms with Crippen molar-refractivity contribution in [1.29, 1.82) is 0 Å². The molecule has 1 aliphatic heterocycles. The second-order valence-corrected chi connectivity index (χ2v) is 7.84. The minimum atomic E-state index is -0.388. The van der Waals surface area contributed by atoms with Crippen LogP contribution in [0.25, 0.3) is 0 Å². The van der Waals surface area contributed by atoms with Gasteiger partial charge in [0.05, 0.1) is 12.7 Å². The van der Waals surface area contributed by atoms with Gasteiger partial charge in [-0.25, -0.2) is 4.79 Å². The molecule has 0 aromatic heterocycles. The number of allylic oxidation sites excluding steroid dienone is 3. The SMILES string of the molecule is COC(=O)C1=C(C)NC2=C(C(=O)CC(C)(C)C2)C1c1cccc(C)c1. The van der Waals surface area contributed by atoms with Crippen molar-refractivity contribution in [1.82, 2.24) is 5.32 Å². The summed E-state index contributed by atoms with van der Waals surface area (Å²) < 4.78 is 5.03. The van der Waals surface area contributed by atoms with Crippen LogP contribution in [0.5, 0.6) is 0 Å². The molecule has 1 aromatic carbocycles. The quantitative estimate of drug-likeness (QED) is 0.833. The van der Waals surface area contributed by atoms with Gasteiger partial charge in [0.1, 0.15) is 0 Å².